The lowest BCUT2D eigenvalue weighted by atomic mass is 10.2. The Kier molecular flexibility index (Phi) is 5.86. The summed E-state index contributed by atoms with van der Waals surface area (Å²) in [5.74, 6) is 0. The van der Waals surface area contributed by atoms with Gasteiger partial charge in [0.2, 0.25) is 0 Å². The highest BCUT2D eigenvalue weighted by Crippen LogP contribution is 2.16. The van der Waals surface area contributed by atoms with E-state index in [4.69, 9.17) is 16.3 Å². The van der Waals surface area contributed by atoms with Gasteiger partial charge < -0.3 is 9.84 Å². The van der Waals surface area contributed by atoms with Crippen LogP contribution in [0.2, 0.25) is 5.02 Å². The monoisotopic (exact) mass is 422 g/mol. The fraction of sp³-hybridized carbons (Fsp3) is 0.222. The standard InChI is InChI=1S/C18H16BrClN2O3/c19-13-5-6-17-15(7-13)18(24)22(11-21-17)8-14(23)10-25-9-12-3-1-2-4-16(12)20/h1-7,11,14,23H,8-10H2. The molecule has 1 aromatic heterocycles. The molecule has 1 N–H and O–H groups in total. The number of nitrogens with zero attached hydrogens (tertiary/aromatic N) is 2. The molecular weight excluding hydrogens is 408 g/mol. The van der Waals surface area contributed by atoms with Crippen LogP contribution in [0.1, 0.15) is 5.56 Å². The third-order valence-corrected chi connectivity index (χ3v) is 4.58. The van der Waals surface area contributed by atoms with E-state index in [0.29, 0.717) is 22.5 Å². The average Bonchev–Trinajstić information content (AvgIpc) is 2.59. The predicted octanol–water partition coefficient (Wildman–Crippen LogP) is 3.39. The zero-order valence-electron chi connectivity index (χ0n) is 13.2. The molecule has 5 nitrogen and oxygen atoms in total. The molecule has 130 valence electrons. The Balaban J connectivity index is 1.64. The number of hydrogen-bond acceptors (Lipinski definition) is 4. The Morgan fingerprint density at radius 1 is 1.28 bits per heavy atom. The largest absolute Gasteiger partial charge is 0.389 e. The van der Waals surface area contributed by atoms with Crippen molar-refractivity contribution in [1.82, 2.24) is 9.55 Å². The van der Waals surface area contributed by atoms with Crippen LogP contribution >= 0.6 is 27.5 Å². The van der Waals surface area contributed by atoms with E-state index in [2.05, 4.69) is 20.9 Å². The third-order valence-electron chi connectivity index (χ3n) is 3.72. The van der Waals surface area contributed by atoms with E-state index in [1.54, 1.807) is 18.2 Å². The van der Waals surface area contributed by atoms with Crippen LogP contribution in [0.5, 0.6) is 0 Å². The van der Waals surface area contributed by atoms with Gasteiger partial charge in [-0.25, -0.2) is 4.98 Å². The van der Waals surface area contributed by atoms with Crippen LogP contribution in [0.15, 0.2) is 58.1 Å². The molecule has 0 aliphatic carbocycles. The summed E-state index contributed by atoms with van der Waals surface area (Å²) >= 11 is 9.41. The lowest BCUT2D eigenvalue weighted by Gasteiger charge is -2.14. The summed E-state index contributed by atoms with van der Waals surface area (Å²) < 4.78 is 7.70. The molecular formula is C18H16BrClN2O3. The normalized spacial score (nSPS) is 12.4. The van der Waals surface area contributed by atoms with Gasteiger partial charge >= 0.3 is 0 Å². The zero-order chi connectivity index (χ0) is 17.8. The van der Waals surface area contributed by atoms with Crippen LogP contribution in [0, 0.1) is 0 Å². The molecule has 2 aromatic carbocycles. The van der Waals surface area contributed by atoms with Crippen LogP contribution < -0.4 is 5.56 Å². The van der Waals surface area contributed by atoms with E-state index in [0.717, 1.165) is 10.0 Å². The first-order valence-corrected chi connectivity index (χ1v) is 8.85. The number of aliphatic hydroxyl groups is 1. The van der Waals surface area contributed by atoms with E-state index >= 15 is 0 Å². The third kappa shape index (κ3) is 4.46. The second-order valence-electron chi connectivity index (χ2n) is 5.62. The van der Waals surface area contributed by atoms with Crippen molar-refractivity contribution in [3.05, 3.63) is 74.2 Å². The Hall–Kier alpha value is -1.73. The average molecular weight is 424 g/mol. The molecule has 0 aliphatic heterocycles. The van der Waals surface area contributed by atoms with Crippen molar-refractivity contribution in [2.24, 2.45) is 0 Å². The van der Waals surface area contributed by atoms with E-state index in [1.807, 2.05) is 24.3 Å². The SMILES string of the molecule is O=c1c2cc(Br)ccc2ncn1CC(O)COCc1ccccc1Cl. The first-order valence-electron chi connectivity index (χ1n) is 7.68. The molecule has 0 bridgehead atoms. The molecule has 3 rings (SSSR count). The lowest BCUT2D eigenvalue weighted by Crippen LogP contribution is -2.29. The van der Waals surface area contributed by atoms with Gasteiger partial charge in [0.05, 0.1) is 43.1 Å². The molecule has 3 aromatic rings. The second kappa shape index (κ2) is 8.10. The van der Waals surface area contributed by atoms with Crippen molar-refractivity contribution < 1.29 is 9.84 Å². The van der Waals surface area contributed by atoms with Gasteiger partial charge in [-0.3, -0.25) is 9.36 Å². The van der Waals surface area contributed by atoms with Crippen LogP contribution in [0.4, 0.5) is 0 Å². The van der Waals surface area contributed by atoms with Gasteiger partial charge in [0, 0.05) is 9.50 Å². The summed E-state index contributed by atoms with van der Waals surface area (Å²) in [5.41, 5.74) is 1.27. The van der Waals surface area contributed by atoms with Gasteiger partial charge in [-0.2, -0.15) is 0 Å². The highest BCUT2D eigenvalue weighted by Gasteiger charge is 2.10. The fourth-order valence-electron chi connectivity index (χ4n) is 2.46. The fourth-order valence-corrected chi connectivity index (χ4v) is 3.01. The number of benzene rings is 2. The van der Waals surface area contributed by atoms with Gasteiger partial charge in [0.15, 0.2) is 0 Å². The highest BCUT2D eigenvalue weighted by atomic mass is 79.9. The van der Waals surface area contributed by atoms with Crippen molar-refractivity contribution >= 4 is 38.4 Å². The van der Waals surface area contributed by atoms with Gasteiger partial charge in [0.1, 0.15) is 0 Å². The minimum absolute atomic E-state index is 0.0915. The van der Waals surface area contributed by atoms with Crippen LogP contribution in [0.25, 0.3) is 10.9 Å². The summed E-state index contributed by atoms with van der Waals surface area (Å²) in [6.45, 7) is 0.500. The molecule has 1 atom stereocenters. The number of hydrogen-bond donors (Lipinski definition) is 1. The van der Waals surface area contributed by atoms with E-state index in [-0.39, 0.29) is 18.7 Å². The molecule has 0 aliphatic rings. The smallest absolute Gasteiger partial charge is 0.261 e. The molecule has 0 spiro atoms. The Bertz CT molecular complexity index is 945. The summed E-state index contributed by atoms with van der Waals surface area (Å²) in [6, 6.07) is 12.7. The maximum absolute atomic E-state index is 12.5. The van der Waals surface area contributed by atoms with Gasteiger partial charge in [0.25, 0.3) is 5.56 Å². The second-order valence-corrected chi connectivity index (χ2v) is 6.95. The van der Waals surface area contributed by atoms with Crippen LogP contribution in [-0.2, 0) is 17.9 Å². The van der Waals surface area contributed by atoms with Crippen molar-refractivity contribution in [3.63, 3.8) is 0 Å². The maximum Gasteiger partial charge on any atom is 0.261 e. The topological polar surface area (TPSA) is 64.4 Å². The molecule has 1 heterocycles. The number of aromatic nitrogens is 2. The highest BCUT2D eigenvalue weighted by molar-refractivity contribution is 9.10. The first-order chi connectivity index (χ1) is 12.0. The minimum Gasteiger partial charge on any atom is -0.389 e. The number of aliphatic hydroxyl groups excluding tert-OH is 1. The summed E-state index contributed by atoms with van der Waals surface area (Å²) in [5, 5.41) is 11.3. The van der Waals surface area contributed by atoms with Gasteiger partial charge in [-0.15, -0.1) is 0 Å². The first kappa shape index (κ1) is 18.1. The number of rotatable bonds is 6. The van der Waals surface area contributed by atoms with Gasteiger partial charge in [-0.05, 0) is 29.8 Å². The number of ether oxygens (including phenoxy) is 1. The van der Waals surface area contributed by atoms with E-state index in [1.165, 1.54) is 10.9 Å². The zero-order valence-corrected chi connectivity index (χ0v) is 15.6. The van der Waals surface area contributed by atoms with E-state index < -0.39 is 6.10 Å². The lowest BCUT2D eigenvalue weighted by molar-refractivity contribution is 0.0198. The van der Waals surface area contributed by atoms with Crippen LogP contribution in [-0.4, -0.2) is 27.4 Å². The molecule has 25 heavy (non-hydrogen) atoms. The van der Waals surface area contributed by atoms with E-state index in [9.17, 15) is 9.90 Å². The molecule has 7 heteroatoms. The summed E-state index contributed by atoms with van der Waals surface area (Å²) in [7, 11) is 0. The predicted molar refractivity (Wildman–Crippen MR) is 101 cm³/mol. The Morgan fingerprint density at radius 2 is 2.08 bits per heavy atom. The molecule has 0 radical (unpaired) electrons. The van der Waals surface area contributed by atoms with Crippen molar-refractivity contribution in [2.75, 3.05) is 6.61 Å². The van der Waals surface area contributed by atoms with Crippen molar-refractivity contribution in [1.29, 1.82) is 0 Å². The number of fused-ring (bicyclic) bond motifs is 1. The minimum atomic E-state index is -0.827. The summed E-state index contributed by atoms with van der Waals surface area (Å²) in [4.78, 5) is 16.7. The molecule has 0 fully saturated rings. The maximum atomic E-state index is 12.5. The molecule has 0 saturated carbocycles. The molecule has 0 saturated heterocycles. The quantitative estimate of drug-likeness (QED) is 0.660. The number of halogens is 2. The van der Waals surface area contributed by atoms with Crippen molar-refractivity contribution in [2.45, 2.75) is 19.3 Å². The molecule has 1 unspecified atom stereocenters. The van der Waals surface area contributed by atoms with Crippen LogP contribution in [0.3, 0.4) is 0 Å². The van der Waals surface area contributed by atoms with Gasteiger partial charge in [-0.1, -0.05) is 45.7 Å². The van der Waals surface area contributed by atoms with Crippen molar-refractivity contribution in [3.8, 4) is 0 Å². The summed E-state index contributed by atoms with van der Waals surface area (Å²) in [6.07, 6.45) is 0.613. The molecule has 0 amide bonds. The Morgan fingerprint density at radius 3 is 2.88 bits per heavy atom. The Labute approximate surface area is 158 Å².